The molecule has 1 heterocycles. The van der Waals surface area contributed by atoms with Crippen LogP contribution in [0.2, 0.25) is 0 Å². The van der Waals surface area contributed by atoms with Crippen molar-refractivity contribution in [1.82, 2.24) is 5.16 Å². The van der Waals surface area contributed by atoms with Crippen molar-refractivity contribution in [3.63, 3.8) is 0 Å². The fraction of sp³-hybridized carbons (Fsp3) is 0.158. The molecular formula is C19H15F2NO3S. The fourth-order valence-corrected chi connectivity index (χ4v) is 3.35. The van der Waals surface area contributed by atoms with Crippen LogP contribution in [-0.2, 0) is 4.79 Å². The summed E-state index contributed by atoms with van der Waals surface area (Å²) < 4.78 is 34.2. The SMILES string of the molecule is Cc1onc(-c2ccccc2)c1-c1cc(F)c(SC(C)C(=O)O)c(F)c1. The van der Waals surface area contributed by atoms with E-state index in [0.29, 0.717) is 28.8 Å². The molecule has 26 heavy (non-hydrogen) atoms. The third kappa shape index (κ3) is 3.48. The molecule has 3 aromatic rings. The van der Waals surface area contributed by atoms with Crippen molar-refractivity contribution in [2.75, 3.05) is 0 Å². The molecule has 0 bridgehead atoms. The Balaban J connectivity index is 2.07. The predicted octanol–water partition coefficient (Wildman–Crippen LogP) is 5.16. The van der Waals surface area contributed by atoms with E-state index in [1.54, 1.807) is 6.92 Å². The van der Waals surface area contributed by atoms with Gasteiger partial charge in [0.05, 0.1) is 10.5 Å². The van der Waals surface area contributed by atoms with Crippen molar-refractivity contribution >= 4 is 17.7 Å². The molecule has 3 rings (SSSR count). The molecule has 0 aliphatic rings. The Morgan fingerprint density at radius 3 is 2.35 bits per heavy atom. The van der Waals surface area contributed by atoms with Crippen LogP contribution in [0.3, 0.4) is 0 Å². The Bertz CT molecular complexity index is 934. The van der Waals surface area contributed by atoms with Crippen molar-refractivity contribution in [1.29, 1.82) is 0 Å². The molecule has 4 nitrogen and oxygen atoms in total. The molecule has 0 aliphatic carbocycles. The molecule has 0 saturated heterocycles. The number of aromatic nitrogens is 1. The Labute approximate surface area is 152 Å². The van der Waals surface area contributed by atoms with E-state index in [2.05, 4.69) is 5.16 Å². The van der Waals surface area contributed by atoms with Gasteiger partial charge in [-0.2, -0.15) is 0 Å². The molecule has 0 amide bonds. The molecule has 134 valence electrons. The van der Waals surface area contributed by atoms with Crippen molar-refractivity contribution < 1.29 is 23.2 Å². The van der Waals surface area contributed by atoms with E-state index < -0.39 is 22.9 Å². The number of halogens is 2. The molecule has 0 fully saturated rings. The number of hydrogen-bond donors (Lipinski definition) is 1. The molecule has 0 saturated carbocycles. The normalized spacial score (nSPS) is 12.2. The third-order valence-corrected chi connectivity index (χ3v) is 5.02. The maximum absolute atomic E-state index is 14.5. The van der Waals surface area contributed by atoms with E-state index in [9.17, 15) is 13.6 Å². The number of thioether (sulfide) groups is 1. The highest BCUT2D eigenvalue weighted by molar-refractivity contribution is 8.00. The van der Waals surface area contributed by atoms with E-state index in [-0.39, 0.29) is 10.5 Å². The highest BCUT2D eigenvalue weighted by atomic mass is 32.2. The zero-order valence-corrected chi connectivity index (χ0v) is 14.8. The second-order valence-electron chi connectivity index (χ2n) is 5.70. The number of aryl methyl sites for hydroxylation is 1. The summed E-state index contributed by atoms with van der Waals surface area (Å²) in [5, 5.41) is 12.0. The molecule has 7 heteroatoms. The summed E-state index contributed by atoms with van der Waals surface area (Å²) in [4.78, 5) is 10.6. The van der Waals surface area contributed by atoms with Gasteiger partial charge in [0.25, 0.3) is 0 Å². The molecule has 0 spiro atoms. The lowest BCUT2D eigenvalue weighted by Gasteiger charge is -2.11. The number of aliphatic carboxylic acids is 1. The topological polar surface area (TPSA) is 63.3 Å². The summed E-state index contributed by atoms with van der Waals surface area (Å²) in [7, 11) is 0. The van der Waals surface area contributed by atoms with Gasteiger partial charge in [-0.15, -0.1) is 11.8 Å². The summed E-state index contributed by atoms with van der Waals surface area (Å²) in [6, 6.07) is 11.5. The maximum atomic E-state index is 14.5. The minimum absolute atomic E-state index is 0.282. The highest BCUT2D eigenvalue weighted by Crippen LogP contribution is 2.38. The Morgan fingerprint density at radius 2 is 1.77 bits per heavy atom. The van der Waals surface area contributed by atoms with Crippen LogP contribution in [0.25, 0.3) is 22.4 Å². The lowest BCUT2D eigenvalue weighted by molar-refractivity contribution is -0.136. The van der Waals surface area contributed by atoms with Gasteiger partial charge < -0.3 is 9.63 Å². The van der Waals surface area contributed by atoms with Gasteiger partial charge in [0.15, 0.2) is 0 Å². The van der Waals surface area contributed by atoms with Gasteiger partial charge in [0, 0.05) is 5.56 Å². The van der Waals surface area contributed by atoms with Crippen LogP contribution >= 0.6 is 11.8 Å². The zero-order chi connectivity index (χ0) is 18.8. The Kier molecular flexibility index (Phi) is 5.08. The van der Waals surface area contributed by atoms with Gasteiger partial charge in [-0.25, -0.2) is 8.78 Å². The Hall–Kier alpha value is -2.67. The average molecular weight is 375 g/mol. The largest absolute Gasteiger partial charge is 0.480 e. The minimum atomic E-state index is -1.14. The summed E-state index contributed by atoms with van der Waals surface area (Å²) >= 11 is 0.627. The first-order chi connectivity index (χ1) is 12.4. The van der Waals surface area contributed by atoms with Gasteiger partial charge in [-0.3, -0.25) is 4.79 Å². The van der Waals surface area contributed by atoms with Crippen LogP contribution < -0.4 is 0 Å². The summed E-state index contributed by atoms with van der Waals surface area (Å²) in [5.41, 5.74) is 2.03. The van der Waals surface area contributed by atoms with E-state index in [1.807, 2.05) is 30.3 Å². The van der Waals surface area contributed by atoms with Crippen molar-refractivity contribution in [2.45, 2.75) is 24.0 Å². The predicted molar refractivity (Wildman–Crippen MR) is 95.0 cm³/mol. The smallest absolute Gasteiger partial charge is 0.316 e. The fourth-order valence-electron chi connectivity index (χ4n) is 2.55. The van der Waals surface area contributed by atoms with E-state index in [1.165, 1.54) is 19.1 Å². The van der Waals surface area contributed by atoms with Crippen LogP contribution in [-0.4, -0.2) is 21.5 Å². The highest BCUT2D eigenvalue weighted by Gasteiger charge is 2.23. The minimum Gasteiger partial charge on any atom is -0.480 e. The number of benzene rings is 2. The summed E-state index contributed by atoms with van der Waals surface area (Å²) in [5.74, 6) is -2.35. The molecular weight excluding hydrogens is 360 g/mol. The number of hydrogen-bond acceptors (Lipinski definition) is 4. The first kappa shape index (κ1) is 18.1. The van der Waals surface area contributed by atoms with Gasteiger partial charge in [-0.1, -0.05) is 35.5 Å². The second kappa shape index (κ2) is 7.29. The van der Waals surface area contributed by atoms with Crippen LogP contribution in [0, 0.1) is 18.6 Å². The van der Waals surface area contributed by atoms with Crippen molar-refractivity contribution in [3.8, 4) is 22.4 Å². The lowest BCUT2D eigenvalue weighted by Crippen LogP contribution is -2.12. The first-order valence-electron chi connectivity index (χ1n) is 7.79. The van der Waals surface area contributed by atoms with Crippen molar-refractivity contribution in [3.05, 3.63) is 59.9 Å². The lowest BCUT2D eigenvalue weighted by atomic mass is 9.99. The Morgan fingerprint density at radius 1 is 1.15 bits per heavy atom. The molecule has 2 aromatic carbocycles. The number of carboxylic acids is 1. The van der Waals surface area contributed by atoms with Gasteiger partial charge in [-0.05, 0) is 31.5 Å². The molecule has 0 aliphatic heterocycles. The van der Waals surface area contributed by atoms with Gasteiger partial charge in [0.2, 0.25) is 0 Å². The van der Waals surface area contributed by atoms with Crippen LogP contribution in [0.5, 0.6) is 0 Å². The third-order valence-electron chi connectivity index (χ3n) is 3.84. The van der Waals surface area contributed by atoms with Gasteiger partial charge in [0.1, 0.15) is 28.3 Å². The van der Waals surface area contributed by atoms with Crippen LogP contribution in [0.1, 0.15) is 12.7 Å². The molecule has 1 unspecified atom stereocenters. The molecule has 1 atom stereocenters. The summed E-state index contributed by atoms with van der Waals surface area (Å²) in [6.45, 7) is 3.04. The average Bonchev–Trinajstić information content (AvgIpc) is 3.00. The van der Waals surface area contributed by atoms with Gasteiger partial charge >= 0.3 is 5.97 Å². The maximum Gasteiger partial charge on any atom is 0.316 e. The van der Waals surface area contributed by atoms with Crippen LogP contribution in [0.15, 0.2) is 51.9 Å². The number of nitrogens with zero attached hydrogens (tertiary/aromatic N) is 1. The zero-order valence-electron chi connectivity index (χ0n) is 14.0. The molecule has 1 aromatic heterocycles. The standard InChI is InChI=1S/C19H15F2NO3S/c1-10-16(17(22-25-10)12-6-4-3-5-7-12)13-8-14(20)18(15(21)9-13)26-11(2)19(23)24/h3-9,11H,1-2H3,(H,23,24). The van der Waals surface area contributed by atoms with E-state index >= 15 is 0 Å². The number of rotatable bonds is 5. The van der Waals surface area contributed by atoms with E-state index in [4.69, 9.17) is 9.63 Å². The van der Waals surface area contributed by atoms with Crippen LogP contribution in [0.4, 0.5) is 8.78 Å². The van der Waals surface area contributed by atoms with E-state index in [0.717, 1.165) is 5.56 Å². The quantitative estimate of drug-likeness (QED) is 0.624. The van der Waals surface area contributed by atoms with Crippen molar-refractivity contribution in [2.24, 2.45) is 0 Å². The number of carbonyl (C=O) groups is 1. The molecule has 0 radical (unpaired) electrons. The monoisotopic (exact) mass is 375 g/mol. The molecule has 1 N–H and O–H groups in total. The summed E-state index contributed by atoms with van der Waals surface area (Å²) in [6.07, 6.45) is 0. The second-order valence-corrected chi connectivity index (χ2v) is 7.05. The number of carboxylic acid groups (broad SMARTS) is 1. The first-order valence-corrected chi connectivity index (χ1v) is 8.67.